The quantitative estimate of drug-likeness (QED) is 0.564. The summed E-state index contributed by atoms with van der Waals surface area (Å²) >= 11 is 0. The summed E-state index contributed by atoms with van der Waals surface area (Å²) in [7, 11) is 1.64. The molecule has 0 spiro atoms. The molecule has 0 radical (unpaired) electrons. The van der Waals surface area contributed by atoms with Crippen LogP contribution in [0.4, 0.5) is 0 Å². The summed E-state index contributed by atoms with van der Waals surface area (Å²) in [4.78, 5) is 12.1. The maximum absolute atomic E-state index is 12.1. The highest BCUT2D eigenvalue weighted by molar-refractivity contribution is 6.03. The normalized spacial score (nSPS) is 11.4. The molecule has 0 aliphatic carbocycles. The van der Waals surface area contributed by atoms with Crippen molar-refractivity contribution in [3.63, 3.8) is 0 Å². The van der Waals surface area contributed by atoms with Crippen molar-refractivity contribution in [3.8, 4) is 11.5 Å². The summed E-state index contributed by atoms with van der Waals surface area (Å²) in [6, 6.07) is 18.1. The van der Waals surface area contributed by atoms with E-state index in [9.17, 15) is 9.90 Å². The Morgan fingerprint density at radius 1 is 1.04 bits per heavy atom. The van der Waals surface area contributed by atoms with Crippen molar-refractivity contribution in [1.29, 1.82) is 0 Å². The zero-order valence-corrected chi connectivity index (χ0v) is 14.0. The number of ether oxygens (including phenoxy) is 1. The second-order valence-corrected chi connectivity index (χ2v) is 5.58. The Morgan fingerprint density at radius 3 is 2.52 bits per heavy atom. The zero-order valence-electron chi connectivity index (χ0n) is 14.0. The van der Waals surface area contributed by atoms with Gasteiger partial charge < -0.3 is 9.84 Å². The van der Waals surface area contributed by atoms with Crippen molar-refractivity contribution >= 4 is 22.4 Å². The van der Waals surface area contributed by atoms with E-state index in [-0.39, 0.29) is 11.3 Å². The number of phenols is 1. The highest BCUT2D eigenvalue weighted by Crippen LogP contribution is 2.22. The van der Waals surface area contributed by atoms with Gasteiger partial charge in [-0.2, -0.15) is 5.10 Å². The molecule has 3 aromatic carbocycles. The van der Waals surface area contributed by atoms with Crippen LogP contribution in [0.3, 0.4) is 0 Å². The predicted octanol–water partition coefficient (Wildman–Crippen LogP) is 3.71. The highest BCUT2D eigenvalue weighted by Gasteiger charge is 2.09. The monoisotopic (exact) mass is 334 g/mol. The van der Waals surface area contributed by atoms with Gasteiger partial charge in [-0.3, -0.25) is 4.79 Å². The minimum Gasteiger partial charge on any atom is -0.507 e. The molecule has 2 N–H and O–H groups in total. The SMILES string of the molecule is COc1ccc2cc(/C(C)=N\NC(=O)c3ccccc3O)ccc2c1. The molecule has 5 nitrogen and oxygen atoms in total. The molecule has 0 aliphatic heterocycles. The van der Waals surface area contributed by atoms with Gasteiger partial charge in [0.15, 0.2) is 0 Å². The average molecular weight is 334 g/mol. The number of phenolic OH excluding ortho intramolecular Hbond substituents is 1. The van der Waals surface area contributed by atoms with Crippen LogP contribution in [-0.4, -0.2) is 23.8 Å². The van der Waals surface area contributed by atoms with Gasteiger partial charge in [-0.05, 0) is 53.6 Å². The molecule has 0 atom stereocenters. The van der Waals surface area contributed by atoms with Crippen molar-refractivity contribution in [3.05, 3.63) is 71.8 Å². The minimum absolute atomic E-state index is 0.0764. The predicted molar refractivity (Wildman–Crippen MR) is 98.3 cm³/mol. The van der Waals surface area contributed by atoms with Crippen molar-refractivity contribution in [2.45, 2.75) is 6.92 Å². The van der Waals surface area contributed by atoms with E-state index in [1.54, 1.807) is 25.3 Å². The molecule has 25 heavy (non-hydrogen) atoms. The summed E-state index contributed by atoms with van der Waals surface area (Å²) in [6.45, 7) is 1.82. The molecule has 0 bridgehead atoms. The smallest absolute Gasteiger partial charge is 0.275 e. The van der Waals surface area contributed by atoms with E-state index < -0.39 is 5.91 Å². The summed E-state index contributed by atoms with van der Waals surface area (Å²) in [6.07, 6.45) is 0. The molecule has 0 saturated heterocycles. The van der Waals surface area contributed by atoms with Crippen molar-refractivity contribution in [1.82, 2.24) is 5.43 Å². The number of carbonyl (C=O) groups excluding carboxylic acids is 1. The van der Waals surface area contributed by atoms with Gasteiger partial charge in [0.2, 0.25) is 0 Å². The van der Waals surface area contributed by atoms with Gasteiger partial charge in [0.25, 0.3) is 5.91 Å². The van der Waals surface area contributed by atoms with Gasteiger partial charge in [0.1, 0.15) is 11.5 Å². The van der Waals surface area contributed by atoms with Gasteiger partial charge >= 0.3 is 0 Å². The molecule has 0 fully saturated rings. The lowest BCUT2D eigenvalue weighted by atomic mass is 10.0. The number of amides is 1. The van der Waals surface area contributed by atoms with Crippen LogP contribution in [0.1, 0.15) is 22.8 Å². The number of hydrazone groups is 1. The second kappa shape index (κ2) is 7.05. The lowest BCUT2D eigenvalue weighted by molar-refractivity contribution is 0.0952. The van der Waals surface area contributed by atoms with Gasteiger partial charge in [-0.1, -0.05) is 30.3 Å². The molecule has 0 heterocycles. The number of aromatic hydroxyl groups is 1. The van der Waals surface area contributed by atoms with E-state index in [1.807, 2.05) is 43.3 Å². The summed E-state index contributed by atoms with van der Waals surface area (Å²) in [5, 5.41) is 16.0. The topological polar surface area (TPSA) is 70.9 Å². The first kappa shape index (κ1) is 16.5. The highest BCUT2D eigenvalue weighted by atomic mass is 16.5. The third kappa shape index (κ3) is 3.61. The Balaban J connectivity index is 1.81. The molecule has 1 amide bonds. The van der Waals surface area contributed by atoms with Crippen LogP contribution in [-0.2, 0) is 0 Å². The Kier molecular flexibility index (Phi) is 4.66. The summed E-state index contributed by atoms with van der Waals surface area (Å²) in [5.41, 5.74) is 4.22. The van der Waals surface area contributed by atoms with E-state index in [4.69, 9.17) is 4.74 Å². The van der Waals surface area contributed by atoms with E-state index in [0.717, 1.165) is 22.1 Å². The van der Waals surface area contributed by atoms with Gasteiger partial charge in [-0.15, -0.1) is 0 Å². The van der Waals surface area contributed by atoms with Crippen molar-refractivity contribution in [2.75, 3.05) is 7.11 Å². The largest absolute Gasteiger partial charge is 0.507 e. The van der Waals surface area contributed by atoms with E-state index in [1.165, 1.54) is 6.07 Å². The number of benzene rings is 3. The average Bonchev–Trinajstić information content (AvgIpc) is 2.65. The van der Waals surface area contributed by atoms with Crippen LogP contribution in [0.2, 0.25) is 0 Å². The molecule has 0 aromatic heterocycles. The first-order valence-electron chi connectivity index (χ1n) is 7.79. The maximum atomic E-state index is 12.1. The van der Waals surface area contributed by atoms with Crippen molar-refractivity contribution < 1.29 is 14.6 Å². The van der Waals surface area contributed by atoms with E-state index in [2.05, 4.69) is 10.5 Å². The lowest BCUT2D eigenvalue weighted by Crippen LogP contribution is -2.19. The molecule has 0 saturated carbocycles. The van der Waals surface area contributed by atoms with E-state index in [0.29, 0.717) is 5.71 Å². The number of carbonyl (C=O) groups is 1. The van der Waals surface area contributed by atoms with Crippen LogP contribution in [0, 0.1) is 0 Å². The van der Waals surface area contributed by atoms with Gasteiger partial charge in [-0.25, -0.2) is 5.43 Å². The van der Waals surface area contributed by atoms with E-state index >= 15 is 0 Å². The number of methoxy groups -OCH3 is 1. The fourth-order valence-corrected chi connectivity index (χ4v) is 2.50. The molecular weight excluding hydrogens is 316 g/mol. The number of para-hydroxylation sites is 1. The molecule has 3 rings (SSSR count). The Hall–Kier alpha value is -3.34. The van der Waals surface area contributed by atoms with Crippen LogP contribution >= 0.6 is 0 Å². The maximum Gasteiger partial charge on any atom is 0.275 e. The number of fused-ring (bicyclic) bond motifs is 1. The number of hydrogen-bond donors (Lipinski definition) is 2. The molecule has 126 valence electrons. The number of nitrogens with zero attached hydrogens (tertiary/aromatic N) is 1. The minimum atomic E-state index is -0.456. The summed E-state index contributed by atoms with van der Waals surface area (Å²) in [5.74, 6) is 0.274. The first-order chi connectivity index (χ1) is 12.1. The molecule has 5 heteroatoms. The van der Waals surface area contributed by atoms with Gasteiger partial charge in [0.05, 0.1) is 18.4 Å². The Morgan fingerprint density at radius 2 is 1.76 bits per heavy atom. The Labute approximate surface area is 145 Å². The number of rotatable bonds is 4. The second-order valence-electron chi connectivity index (χ2n) is 5.58. The van der Waals surface area contributed by atoms with Crippen LogP contribution < -0.4 is 10.2 Å². The third-order valence-electron chi connectivity index (χ3n) is 3.94. The lowest BCUT2D eigenvalue weighted by Gasteiger charge is -2.07. The van der Waals surface area contributed by atoms with Crippen LogP contribution in [0.15, 0.2) is 65.8 Å². The Bertz CT molecular complexity index is 964. The first-order valence-corrected chi connectivity index (χ1v) is 7.79. The molecule has 0 aliphatic rings. The standard InChI is InChI=1S/C20H18N2O3/c1-13(21-22-20(24)18-5-3-4-6-19(18)23)14-7-8-16-12-17(25-2)10-9-15(16)11-14/h3-12,23H,1-2H3,(H,22,24)/b21-13-. The van der Waals surface area contributed by atoms with Crippen LogP contribution in [0.5, 0.6) is 11.5 Å². The zero-order chi connectivity index (χ0) is 17.8. The van der Waals surface area contributed by atoms with Gasteiger partial charge in [0, 0.05) is 0 Å². The molecular formula is C20H18N2O3. The molecule has 0 unspecified atom stereocenters. The fourth-order valence-electron chi connectivity index (χ4n) is 2.50. The fraction of sp³-hybridized carbons (Fsp3) is 0.100. The molecule has 3 aromatic rings. The number of nitrogens with one attached hydrogen (secondary N) is 1. The summed E-state index contributed by atoms with van der Waals surface area (Å²) < 4.78 is 5.22. The number of hydrogen-bond acceptors (Lipinski definition) is 4. The van der Waals surface area contributed by atoms with Crippen molar-refractivity contribution in [2.24, 2.45) is 5.10 Å². The van der Waals surface area contributed by atoms with Crippen LogP contribution in [0.25, 0.3) is 10.8 Å². The third-order valence-corrected chi connectivity index (χ3v) is 3.94.